The van der Waals surface area contributed by atoms with Gasteiger partial charge in [0.2, 0.25) is 10.0 Å². The Kier molecular flexibility index (Phi) is 5.13. The highest BCUT2D eigenvalue weighted by molar-refractivity contribution is 7.89. The lowest BCUT2D eigenvalue weighted by atomic mass is 10.2. The van der Waals surface area contributed by atoms with Gasteiger partial charge in [0.15, 0.2) is 0 Å². The molecule has 0 radical (unpaired) electrons. The SMILES string of the molecule is CCCN(C)C(=O)c1ccc(N)cc1S(=O)(=O)N(C)C. The molecule has 0 atom stereocenters. The molecule has 1 amide bonds. The Morgan fingerprint density at radius 3 is 2.35 bits per heavy atom. The van der Waals surface area contributed by atoms with E-state index < -0.39 is 10.0 Å². The molecule has 0 fully saturated rings. The van der Waals surface area contributed by atoms with Crippen molar-refractivity contribution in [3.63, 3.8) is 0 Å². The first-order chi connectivity index (χ1) is 9.21. The van der Waals surface area contributed by atoms with Crippen LogP contribution in [0.25, 0.3) is 0 Å². The Labute approximate surface area is 120 Å². The largest absolute Gasteiger partial charge is 0.399 e. The predicted octanol–water partition coefficient (Wildman–Crippen LogP) is 1.00. The summed E-state index contributed by atoms with van der Waals surface area (Å²) in [6, 6.07) is 4.31. The molecule has 0 spiro atoms. The quantitative estimate of drug-likeness (QED) is 0.822. The third-order valence-electron chi connectivity index (χ3n) is 2.90. The summed E-state index contributed by atoms with van der Waals surface area (Å²) in [5, 5.41) is 0. The fraction of sp³-hybridized carbons (Fsp3) is 0.462. The van der Waals surface area contributed by atoms with Gasteiger partial charge in [0.25, 0.3) is 5.91 Å². The Hall–Kier alpha value is -1.60. The Morgan fingerprint density at radius 1 is 1.25 bits per heavy atom. The van der Waals surface area contributed by atoms with E-state index in [1.807, 2.05) is 6.92 Å². The maximum Gasteiger partial charge on any atom is 0.254 e. The number of nitrogens with zero attached hydrogens (tertiary/aromatic N) is 2. The van der Waals surface area contributed by atoms with Crippen molar-refractivity contribution in [1.29, 1.82) is 0 Å². The molecule has 7 heteroatoms. The monoisotopic (exact) mass is 299 g/mol. The summed E-state index contributed by atoms with van der Waals surface area (Å²) in [6.45, 7) is 2.51. The highest BCUT2D eigenvalue weighted by Crippen LogP contribution is 2.22. The van der Waals surface area contributed by atoms with Crippen LogP contribution in [0.15, 0.2) is 23.1 Å². The lowest BCUT2D eigenvalue weighted by Gasteiger charge is -2.20. The molecule has 2 N–H and O–H groups in total. The summed E-state index contributed by atoms with van der Waals surface area (Å²) in [5.74, 6) is -0.327. The van der Waals surface area contributed by atoms with Crippen LogP contribution in [0.3, 0.4) is 0 Å². The maximum absolute atomic E-state index is 12.3. The highest BCUT2D eigenvalue weighted by Gasteiger charge is 2.26. The van der Waals surface area contributed by atoms with Crippen LogP contribution in [0.2, 0.25) is 0 Å². The van der Waals surface area contributed by atoms with Gasteiger partial charge in [0.05, 0.1) is 10.5 Å². The molecule has 0 aliphatic rings. The number of anilines is 1. The van der Waals surface area contributed by atoms with Crippen LogP contribution in [0.4, 0.5) is 5.69 Å². The standard InChI is InChI=1S/C13H21N3O3S/c1-5-8-16(4)13(17)11-7-6-10(14)9-12(11)20(18,19)15(2)3/h6-7,9H,5,8,14H2,1-4H3. The van der Waals surface area contributed by atoms with E-state index in [2.05, 4.69) is 0 Å². The summed E-state index contributed by atoms with van der Waals surface area (Å²) in [6.07, 6.45) is 0.799. The number of nitrogens with two attached hydrogens (primary N) is 1. The van der Waals surface area contributed by atoms with Gasteiger partial charge >= 0.3 is 0 Å². The van der Waals surface area contributed by atoms with Gasteiger partial charge in [-0.3, -0.25) is 4.79 Å². The molecule has 0 bridgehead atoms. The Morgan fingerprint density at radius 2 is 1.85 bits per heavy atom. The summed E-state index contributed by atoms with van der Waals surface area (Å²) >= 11 is 0. The van der Waals surface area contributed by atoms with Crippen molar-refractivity contribution in [2.75, 3.05) is 33.4 Å². The summed E-state index contributed by atoms with van der Waals surface area (Å²) < 4.78 is 25.6. The summed E-state index contributed by atoms with van der Waals surface area (Å²) in [5.41, 5.74) is 6.10. The van der Waals surface area contributed by atoms with Gasteiger partial charge in [-0.2, -0.15) is 0 Å². The van der Waals surface area contributed by atoms with E-state index in [4.69, 9.17) is 5.73 Å². The van der Waals surface area contributed by atoms with Gasteiger partial charge in [-0.25, -0.2) is 12.7 Å². The second-order valence-electron chi connectivity index (χ2n) is 4.77. The Bertz CT molecular complexity index is 597. The van der Waals surface area contributed by atoms with Crippen LogP contribution < -0.4 is 5.73 Å². The lowest BCUT2D eigenvalue weighted by Crippen LogP contribution is -2.31. The molecule has 0 aliphatic carbocycles. The first kappa shape index (κ1) is 16.5. The van der Waals surface area contributed by atoms with Crippen LogP contribution >= 0.6 is 0 Å². The number of hydrogen-bond donors (Lipinski definition) is 1. The predicted molar refractivity (Wildman–Crippen MR) is 79.0 cm³/mol. The third-order valence-corrected chi connectivity index (χ3v) is 4.76. The second kappa shape index (κ2) is 6.23. The fourth-order valence-corrected chi connectivity index (χ4v) is 2.88. The number of rotatable bonds is 5. The number of carbonyl (C=O) groups excluding carboxylic acids is 1. The average molecular weight is 299 g/mol. The zero-order valence-electron chi connectivity index (χ0n) is 12.3. The van der Waals surface area contributed by atoms with Crippen LogP contribution in [0, 0.1) is 0 Å². The van der Waals surface area contributed by atoms with Crippen LogP contribution in [-0.4, -0.2) is 51.2 Å². The lowest BCUT2D eigenvalue weighted by molar-refractivity contribution is 0.0791. The van der Waals surface area contributed by atoms with Gasteiger partial charge in [0, 0.05) is 33.4 Å². The molecule has 0 unspecified atom stereocenters. The molecule has 20 heavy (non-hydrogen) atoms. The van der Waals surface area contributed by atoms with E-state index in [1.165, 1.54) is 37.2 Å². The zero-order valence-corrected chi connectivity index (χ0v) is 13.1. The fourth-order valence-electron chi connectivity index (χ4n) is 1.77. The maximum atomic E-state index is 12.3. The highest BCUT2D eigenvalue weighted by atomic mass is 32.2. The molecule has 1 aromatic rings. The minimum Gasteiger partial charge on any atom is -0.399 e. The molecule has 112 valence electrons. The van der Waals surface area contributed by atoms with Crippen LogP contribution in [0.1, 0.15) is 23.7 Å². The van der Waals surface area contributed by atoms with Crippen molar-refractivity contribution in [3.8, 4) is 0 Å². The number of nitrogen functional groups attached to an aromatic ring is 1. The van der Waals surface area contributed by atoms with E-state index in [0.29, 0.717) is 12.2 Å². The van der Waals surface area contributed by atoms with Crippen molar-refractivity contribution in [3.05, 3.63) is 23.8 Å². The van der Waals surface area contributed by atoms with Crippen molar-refractivity contribution in [2.24, 2.45) is 0 Å². The van der Waals surface area contributed by atoms with Crippen molar-refractivity contribution >= 4 is 21.6 Å². The minimum atomic E-state index is -3.72. The summed E-state index contributed by atoms with van der Waals surface area (Å²) in [7, 11) is 0.768. The molecule has 0 aromatic heterocycles. The van der Waals surface area contributed by atoms with Crippen LogP contribution in [-0.2, 0) is 10.0 Å². The van der Waals surface area contributed by atoms with Crippen molar-refractivity contribution in [2.45, 2.75) is 18.2 Å². The molecule has 1 aromatic carbocycles. The topological polar surface area (TPSA) is 83.7 Å². The average Bonchev–Trinajstić information content (AvgIpc) is 2.37. The molecular formula is C13H21N3O3S. The minimum absolute atomic E-state index is 0.0598. The van der Waals surface area contributed by atoms with Gasteiger partial charge < -0.3 is 10.6 Å². The van der Waals surface area contributed by atoms with Crippen molar-refractivity contribution < 1.29 is 13.2 Å². The van der Waals surface area contributed by atoms with Gasteiger partial charge in [0.1, 0.15) is 0 Å². The molecule has 0 saturated carbocycles. The third kappa shape index (κ3) is 3.29. The number of sulfonamides is 1. The normalized spacial score (nSPS) is 11.7. The molecule has 6 nitrogen and oxygen atoms in total. The van der Waals surface area contributed by atoms with Crippen LogP contribution in [0.5, 0.6) is 0 Å². The van der Waals surface area contributed by atoms with Gasteiger partial charge in [-0.05, 0) is 24.6 Å². The molecular weight excluding hydrogens is 278 g/mol. The molecule has 0 aliphatic heterocycles. The molecule has 0 saturated heterocycles. The molecule has 1 rings (SSSR count). The van der Waals surface area contributed by atoms with E-state index in [9.17, 15) is 13.2 Å². The smallest absolute Gasteiger partial charge is 0.254 e. The van der Waals surface area contributed by atoms with E-state index in [0.717, 1.165) is 10.7 Å². The van der Waals surface area contributed by atoms with Crippen molar-refractivity contribution in [1.82, 2.24) is 9.21 Å². The van der Waals surface area contributed by atoms with E-state index in [-0.39, 0.29) is 16.4 Å². The number of benzene rings is 1. The second-order valence-corrected chi connectivity index (χ2v) is 6.89. The van der Waals surface area contributed by atoms with Gasteiger partial charge in [-0.15, -0.1) is 0 Å². The first-order valence-corrected chi connectivity index (χ1v) is 7.73. The summed E-state index contributed by atoms with van der Waals surface area (Å²) in [4.78, 5) is 13.8. The van der Waals surface area contributed by atoms with E-state index in [1.54, 1.807) is 7.05 Å². The van der Waals surface area contributed by atoms with Gasteiger partial charge in [-0.1, -0.05) is 6.92 Å². The Balaban J connectivity index is 3.39. The molecule has 0 heterocycles. The number of hydrogen-bond acceptors (Lipinski definition) is 4. The zero-order chi connectivity index (χ0) is 15.5. The number of amides is 1. The first-order valence-electron chi connectivity index (χ1n) is 6.29. The van der Waals surface area contributed by atoms with E-state index >= 15 is 0 Å². The number of carbonyl (C=O) groups is 1.